The number of amides is 2. The molecule has 0 aliphatic carbocycles. The van der Waals surface area contributed by atoms with Gasteiger partial charge in [-0.25, -0.2) is 0 Å². The van der Waals surface area contributed by atoms with Crippen LogP contribution >= 0.6 is 0 Å². The molecule has 4 rings (SSSR count). The fourth-order valence-electron chi connectivity index (χ4n) is 3.98. The van der Waals surface area contributed by atoms with Crippen molar-refractivity contribution in [3.63, 3.8) is 0 Å². The molecule has 29 heavy (non-hydrogen) atoms. The van der Waals surface area contributed by atoms with Gasteiger partial charge in [-0.05, 0) is 68.3 Å². The Kier molecular flexibility index (Phi) is 5.34. The zero-order valence-corrected chi connectivity index (χ0v) is 16.6. The van der Waals surface area contributed by atoms with Crippen LogP contribution in [0.1, 0.15) is 36.5 Å². The van der Waals surface area contributed by atoms with E-state index in [1.54, 1.807) is 29.2 Å². The van der Waals surface area contributed by atoms with Gasteiger partial charge in [0.25, 0.3) is 0 Å². The minimum absolute atomic E-state index is 0.0179. The van der Waals surface area contributed by atoms with Crippen LogP contribution < -0.4 is 15.1 Å². The molecule has 2 amide bonds. The third-order valence-corrected chi connectivity index (χ3v) is 5.69. The topological polar surface area (TPSA) is 69.7 Å². The van der Waals surface area contributed by atoms with Crippen molar-refractivity contribution in [2.24, 2.45) is 5.92 Å². The molecule has 2 saturated heterocycles. The standard InChI is InChI=1S/C23H25N3O3/c1-16(27)17-4-6-19(7-5-17)24-23(29)18-14-22(28)26(15-18)21-10-8-20(9-11-21)25-12-2-3-13-25/h4-11,18H,2-3,12-15H2,1H3,(H,24,29). The monoisotopic (exact) mass is 391 g/mol. The third-order valence-electron chi connectivity index (χ3n) is 5.69. The van der Waals surface area contributed by atoms with E-state index >= 15 is 0 Å². The van der Waals surface area contributed by atoms with Crippen molar-refractivity contribution >= 4 is 34.7 Å². The summed E-state index contributed by atoms with van der Waals surface area (Å²) in [5.74, 6) is -0.625. The predicted molar refractivity (Wildman–Crippen MR) is 113 cm³/mol. The van der Waals surface area contributed by atoms with E-state index in [0.717, 1.165) is 18.8 Å². The summed E-state index contributed by atoms with van der Waals surface area (Å²) in [6.45, 7) is 4.04. The minimum Gasteiger partial charge on any atom is -0.372 e. The Bertz CT molecular complexity index is 915. The number of carbonyl (C=O) groups is 3. The second-order valence-electron chi connectivity index (χ2n) is 7.74. The van der Waals surface area contributed by atoms with Gasteiger partial charge in [-0.2, -0.15) is 0 Å². The van der Waals surface area contributed by atoms with E-state index in [-0.39, 0.29) is 24.0 Å². The second-order valence-corrected chi connectivity index (χ2v) is 7.74. The smallest absolute Gasteiger partial charge is 0.229 e. The molecule has 0 saturated carbocycles. The molecule has 6 heteroatoms. The Balaban J connectivity index is 1.39. The Hall–Kier alpha value is -3.15. The highest BCUT2D eigenvalue weighted by molar-refractivity contribution is 6.03. The Morgan fingerprint density at radius 2 is 1.55 bits per heavy atom. The summed E-state index contributed by atoms with van der Waals surface area (Å²) in [4.78, 5) is 40.5. The molecule has 0 aromatic heterocycles. The lowest BCUT2D eigenvalue weighted by Gasteiger charge is -2.20. The van der Waals surface area contributed by atoms with Crippen molar-refractivity contribution in [2.45, 2.75) is 26.2 Å². The van der Waals surface area contributed by atoms with Gasteiger partial charge >= 0.3 is 0 Å². The Morgan fingerprint density at radius 3 is 2.17 bits per heavy atom. The molecule has 2 aliphatic heterocycles. The highest BCUT2D eigenvalue weighted by atomic mass is 16.2. The highest BCUT2D eigenvalue weighted by Gasteiger charge is 2.35. The van der Waals surface area contributed by atoms with E-state index < -0.39 is 5.92 Å². The van der Waals surface area contributed by atoms with Crippen molar-refractivity contribution in [3.05, 3.63) is 54.1 Å². The van der Waals surface area contributed by atoms with Gasteiger partial charge in [-0.1, -0.05) is 0 Å². The summed E-state index contributed by atoms with van der Waals surface area (Å²) in [7, 11) is 0. The van der Waals surface area contributed by atoms with E-state index in [1.807, 2.05) is 12.1 Å². The molecule has 2 aromatic carbocycles. The van der Waals surface area contributed by atoms with Crippen molar-refractivity contribution in [2.75, 3.05) is 34.8 Å². The molecule has 0 bridgehead atoms. The quantitative estimate of drug-likeness (QED) is 0.793. The summed E-state index contributed by atoms with van der Waals surface area (Å²) < 4.78 is 0. The molecule has 2 aliphatic rings. The van der Waals surface area contributed by atoms with Gasteiger partial charge in [-0.3, -0.25) is 14.4 Å². The van der Waals surface area contributed by atoms with Gasteiger partial charge in [0.2, 0.25) is 11.8 Å². The summed E-state index contributed by atoms with van der Waals surface area (Å²) >= 11 is 0. The van der Waals surface area contributed by atoms with Crippen molar-refractivity contribution in [3.8, 4) is 0 Å². The van der Waals surface area contributed by atoms with Crippen LogP contribution in [-0.4, -0.2) is 37.2 Å². The first-order valence-electron chi connectivity index (χ1n) is 10.1. The number of rotatable bonds is 5. The van der Waals surface area contributed by atoms with Gasteiger partial charge < -0.3 is 15.1 Å². The van der Waals surface area contributed by atoms with Crippen LogP contribution in [0.4, 0.5) is 17.1 Å². The van der Waals surface area contributed by atoms with E-state index in [1.165, 1.54) is 25.5 Å². The summed E-state index contributed by atoms with van der Waals surface area (Å²) in [6.07, 6.45) is 2.65. The van der Waals surface area contributed by atoms with E-state index in [2.05, 4.69) is 22.3 Å². The molecule has 1 atom stereocenters. The number of ketones is 1. The number of nitrogens with zero attached hydrogens (tertiary/aromatic N) is 2. The van der Waals surface area contributed by atoms with Crippen LogP contribution in [0.3, 0.4) is 0 Å². The van der Waals surface area contributed by atoms with Gasteiger partial charge in [-0.15, -0.1) is 0 Å². The summed E-state index contributed by atoms with van der Waals surface area (Å²) in [6, 6.07) is 14.8. The molecule has 2 aromatic rings. The number of hydrogen-bond donors (Lipinski definition) is 1. The molecule has 2 heterocycles. The van der Waals surface area contributed by atoms with E-state index in [9.17, 15) is 14.4 Å². The molecule has 0 spiro atoms. The molecule has 0 radical (unpaired) electrons. The molecule has 1 unspecified atom stereocenters. The molecule has 150 valence electrons. The number of carbonyl (C=O) groups excluding carboxylic acids is 3. The maximum absolute atomic E-state index is 12.6. The number of hydrogen-bond acceptors (Lipinski definition) is 4. The zero-order valence-electron chi connectivity index (χ0n) is 16.6. The first kappa shape index (κ1) is 19.2. The lowest BCUT2D eigenvalue weighted by atomic mass is 10.1. The molecule has 1 N–H and O–H groups in total. The summed E-state index contributed by atoms with van der Waals surface area (Å²) in [5.41, 5.74) is 3.24. The Labute approximate surface area is 170 Å². The predicted octanol–water partition coefficient (Wildman–Crippen LogP) is 3.48. The maximum atomic E-state index is 12.6. The minimum atomic E-state index is -0.395. The average molecular weight is 391 g/mol. The van der Waals surface area contributed by atoms with Crippen LogP contribution in [0.15, 0.2) is 48.5 Å². The third kappa shape index (κ3) is 4.16. The second kappa shape index (κ2) is 8.07. The molecular formula is C23H25N3O3. The average Bonchev–Trinajstić information content (AvgIpc) is 3.38. The van der Waals surface area contributed by atoms with Crippen LogP contribution in [0.25, 0.3) is 0 Å². The largest absolute Gasteiger partial charge is 0.372 e. The normalized spacial score (nSPS) is 18.9. The molecule has 6 nitrogen and oxygen atoms in total. The van der Waals surface area contributed by atoms with Crippen molar-refractivity contribution in [1.29, 1.82) is 0 Å². The van der Waals surface area contributed by atoms with Gasteiger partial charge in [0, 0.05) is 48.7 Å². The first-order chi connectivity index (χ1) is 14.0. The Morgan fingerprint density at radius 1 is 0.931 bits per heavy atom. The fourth-order valence-corrected chi connectivity index (χ4v) is 3.98. The number of nitrogens with one attached hydrogen (secondary N) is 1. The number of benzene rings is 2. The molecular weight excluding hydrogens is 366 g/mol. The van der Waals surface area contributed by atoms with E-state index in [4.69, 9.17) is 0 Å². The van der Waals surface area contributed by atoms with E-state index in [0.29, 0.717) is 17.8 Å². The van der Waals surface area contributed by atoms with Gasteiger partial charge in [0.1, 0.15) is 0 Å². The highest BCUT2D eigenvalue weighted by Crippen LogP contribution is 2.29. The first-order valence-corrected chi connectivity index (χ1v) is 10.1. The van der Waals surface area contributed by atoms with Crippen LogP contribution in [-0.2, 0) is 9.59 Å². The van der Waals surface area contributed by atoms with Crippen LogP contribution in [0.2, 0.25) is 0 Å². The lowest BCUT2D eigenvalue weighted by molar-refractivity contribution is -0.122. The lowest BCUT2D eigenvalue weighted by Crippen LogP contribution is -2.28. The number of anilines is 3. The van der Waals surface area contributed by atoms with Crippen molar-refractivity contribution in [1.82, 2.24) is 0 Å². The zero-order chi connectivity index (χ0) is 20.4. The SMILES string of the molecule is CC(=O)c1ccc(NC(=O)C2CC(=O)N(c3ccc(N4CCCC4)cc3)C2)cc1. The summed E-state index contributed by atoms with van der Waals surface area (Å²) in [5, 5.41) is 2.85. The van der Waals surface area contributed by atoms with Crippen LogP contribution in [0.5, 0.6) is 0 Å². The molecule has 2 fully saturated rings. The van der Waals surface area contributed by atoms with Gasteiger partial charge in [0.05, 0.1) is 5.92 Å². The number of Topliss-reactive ketones (excluding diaryl/α,β-unsaturated/α-hetero) is 1. The van der Waals surface area contributed by atoms with Crippen LogP contribution in [0, 0.1) is 5.92 Å². The maximum Gasteiger partial charge on any atom is 0.229 e. The van der Waals surface area contributed by atoms with Gasteiger partial charge in [0.15, 0.2) is 5.78 Å². The fraction of sp³-hybridized carbons (Fsp3) is 0.348. The van der Waals surface area contributed by atoms with Crippen molar-refractivity contribution < 1.29 is 14.4 Å².